The second-order valence-electron chi connectivity index (χ2n) is 7.06. The van der Waals surface area contributed by atoms with Crippen molar-refractivity contribution in [3.05, 3.63) is 35.4 Å². The molecule has 0 aromatic heterocycles. The van der Waals surface area contributed by atoms with E-state index in [1.54, 1.807) is 0 Å². The predicted molar refractivity (Wildman–Crippen MR) is 78.1 cm³/mol. The Morgan fingerprint density at radius 2 is 1.74 bits per heavy atom. The van der Waals surface area contributed by atoms with Crippen LogP contribution in [-0.2, 0) is 17.6 Å². The lowest BCUT2D eigenvalue weighted by atomic mass is 9.65. The zero-order valence-corrected chi connectivity index (χ0v) is 12.1. The van der Waals surface area contributed by atoms with Crippen LogP contribution in [0.15, 0.2) is 24.3 Å². The van der Waals surface area contributed by atoms with Gasteiger partial charge in [-0.05, 0) is 42.2 Å². The molecule has 1 unspecified atom stereocenters. The highest BCUT2D eigenvalue weighted by atomic mass is 16.1. The molecule has 0 N–H and O–H groups in total. The highest BCUT2D eigenvalue weighted by Crippen LogP contribution is 2.43. The molecule has 0 bridgehead atoms. The maximum absolute atomic E-state index is 12.9. The van der Waals surface area contributed by atoms with Gasteiger partial charge in [0.1, 0.15) is 5.78 Å². The fraction of sp³-hybridized carbons (Fsp3) is 0.611. The fourth-order valence-corrected chi connectivity index (χ4v) is 4.07. The first-order valence-electron chi connectivity index (χ1n) is 7.68. The van der Waals surface area contributed by atoms with Crippen molar-refractivity contribution in [2.75, 3.05) is 0 Å². The van der Waals surface area contributed by atoms with Crippen LogP contribution in [0.5, 0.6) is 0 Å². The Kier molecular flexibility index (Phi) is 3.24. The molecule has 2 aliphatic carbocycles. The highest BCUT2D eigenvalue weighted by Gasteiger charge is 2.41. The summed E-state index contributed by atoms with van der Waals surface area (Å²) >= 11 is 0. The fourth-order valence-electron chi connectivity index (χ4n) is 4.07. The second kappa shape index (κ2) is 4.77. The minimum absolute atomic E-state index is 0.212. The zero-order valence-electron chi connectivity index (χ0n) is 12.1. The Morgan fingerprint density at radius 1 is 1.11 bits per heavy atom. The lowest BCUT2D eigenvalue weighted by Crippen LogP contribution is -2.37. The second-order valence-corrected chi connectivity index (χ2v) is 7.06. The molecule has 1 aromatic rings. The summed E-state index contributed by atoms with van der Waals surface area (Å²) in [5.74, 6) is 1.08. The normalized spacial score (nSPS) is 26.1. The molecule has 1 atom stereocenters. The summed E-state index contributed by atoms with van der Waals surface area (Å²) in [6, 6.07) is 8.57. The van der Waals surface area contributed by atoms with Gasteiger partial charge in [0.15, 0.2) is 0 Å². The van der Waals surface area contributed by atoms with Crippen LogP contribution >= 0.6 is 0 Å². The van der Waals surface area contributed by atoms with E-state index in [-0.39, 0.29) is 11.3 Å². The third-order valence-electron chi connectivity index (χ3n) is 5.30. The van der Waals surface area contributed by atoms with Crippen LogP contribution < -0.4 is 0 Å². The molecule has 0 spiro atoms. The Morgan fingerprint density at radius 3 is 2.32 bits per heavy atom. The average molecular weight is 256 g/mol. The first kappa shape index (κ1) is 12.9. The number of rotatable bonds is 2. The first-order chi connectivity index (χ1) is 9.08. The topological polar surface area (TPSA) is 17.1 Å². The van der Waals surface area contributed by atoms with Crippen LogP contribution in [0, 0.1) is 17.3 Å². The smallest absolute Gasteiger partial charge is 0.140 e. The highest BCUT2D eigenvalue weighted by molar-refractivity contribution is 5.85. The summed E-state index contributed by atoms with van der Waals surface area (Å²) in [6.07, 6.45) is 6.80. The standard InChI is InChI=1S/C18H24O/c1-18(2)10-6-5-9-16(18)17(19)15-11-13-7-3-4-8-14(13)12-15/h3-4,7-8,15-16H,5-6,9-12H2,1-2H3. The number of Topliss-reactive ketones (excluding diaryl/α,β-unsaturated/α-hetero) is 1. The Hall–Kier alpha value is -1.11. The summed E-state index contributed by atoms with van der Waals surface area (Å²) in [5.41, 5.74) is 3.01. The van der Waals surface area contributed by atoms with Crippen molar-refractivity contribution in [1.29, 1.82) is 0 Å². The van der Waals surface area contributed by atoms with E-state index in [0.717, 1.165) is 19.3 Å². The molecule has 1 saturated carbocycles. The van der Waals surface area contributed by atoms with E-state index in [2.05, 4.69) is 38.1 Å². The summed E-state index contributed by atoms with van der Waals surface area (Å²) in [6.45, 7) is 4.58. The van der Waals surface area contributed by atoms with E-state index in [1.807, 2.05) is 0 Å². The molecule has 2 aliphatic rings. The average Bonchev–Trinajstić information content (AvgIpc) is 2.81. The maximum atomic E-state index is 12.9. The van der Waals surface area contributed by atoms with Crippen LogP contribution in [0.3, 0.4) is 0 Å². The summed E-state index contributed by atoms with van der Waals surface area (Å²) in [7, 11) is 0. The number of hydrogen-bond acceptors (Lipinski definition) is 1. The van der Waals surface area contributed by atoms with Gasteiger partial charge in [0, 0.05) is 11.8 Å². The molecule has 102 valence electrons. The summed E-state index contributed by atoms with van der Waals surface area (Å²) in [5, 5.41) is 0. The minimum Gasteiger partial charge on any atom is -0.299 e. The van der Waals surface area contributed by atoms with Gasteiger partial charge >= 0.3 is 0 Å². The van der Waals surface area contributed by atoms with Crippen molar-refractivity contribution in [2.45, 2.75) is 52.4 Å². The van der Waals surface area contributed by atoms with Gasteiger partial charge in [-0.15, -0.1) is 0 Å². The van der Waals surface area contributed by atoms with E-state index in [1.165, 1.54) is 30.4 Å². The summed E-state index contributed by atoms with van der Waals surface area (Å²) in [4.78, 5) is 12.9. The van der Waals surface area contributed by atoms with Crippen LogP contribution in [0.4, 0.5) is 0 Å². The van der Waals surface area contributed by atoms with Crippen LogP contribution in [-0.4, -0.2) is 5.78 Å². The Balaban J connectivity index is 1.76. The molecule has 1 nitrogen and oxygen atoms in total. The largest absolute Gasteiger partial charge is 0.299 e. The molecule has 0 heterocycles. The van der Waals surface area contributed by atoms with Crippen LogP contribution in [0.1, 0.15) is 50.7 Å². The van der Waals surface area contributed by atoms with Gasteiger partial charge in [-0.3, -0.25) is 4.79 Å². The lowest BCUT2D eigenvalue weighted by Gasteiger charge is -2.38. The Labute approximate surface area is 116 Å². The number of fused-ring (bicyclic) bond motifs is 1. The molecule has 3 rings (SSSR count). The van der Waals surface area contributed by atoms with E-state index >= 15 is 0 Å². The monoisotopic (exact) mass is 256 g/mol. The van der Waals surface area contributed by atoms with E-state index < -0.39 is 0 Å². The molecule has 0 radical (unpaired) electrons. The zero-order chi connectivity index (χ0) is 13.5. The van der Waals surface area contributed by atoms with Gasteiger partial charge in [0.2, 0.25) is 0 Å². The number of ketones is 1. The van der Waals surface area contributed by atoms with Crippen molar-refractivity contribution >= 4 is 5.78 Å². The van der Waals surface area contributed by atoms with Gasteiger partial charge in [-0.2, -0.15) is 0 Å². The molecule has 1 aromatic carbocycles. The summed E-state index contributed by atoms with van der Waals surface area (Å²) < 4.78 is 0. The van der Waals surface area contributed by atoms with Crippen LogP contribution in [0.2, 0.25) is 0 Å². The van der Waals surface area contributed by atoms with Crippen molar-refractivity contribution in [2.24, 2.45) is 17.3 Å². The van der Waals surface area contributed by atoms with Crippen molar-refractivity contribution < 1.29 is 4.79 Å². The first-order valence-corrected chi connectivity index (χ1v) is 7.68. The lowest BCUT2D eigenvalue weighted by molar-refractivity contribution is -0.131. The third kappa shape index (κ3) is 2.35. The van der Waals surface area contributed by atoms with Crippen molar-refractivity contribution in [1.82, 2.24) is 0 Å². The molecule has 0 saturated heterocycles. The number of benzene rings is 1. The molecule has 0 amide bonds. The SMILES string of the molecule is CC1(C)CCCCC1C(=O)C1Cc2ccccc2C1. The minimum atomic E-state index is 0.212. The van der Waals surface area contributed by atoms with Gasteiger partial charge in [0.05, 0.1) is 0 Å². The number of hydrogen-bond donors (Lipinski definition) is 0. The molecule has 1 heteroatoms. The molecule has 19 heavy (non-hydrogen) atoms. The number of carbonyl (C=O) groups is 1. The van der Waals surface area contributed by atoms with Gasteiger partial charge in [-0.1, -0.05) is 51.0 Å². The van der Waals surface area contributed by atoms with Crippen molar-refractivity contribution in [3.63, 3.8) is 0 Å². The van der Waals surface area contributed by atoms with E-state index in [4.69, 9.17) is 0 Å². The van der Waals surface area contributed by atoms with Gasteiger partial charge < -0.3 is 0 Å². The quantitative estimate of drug-likeness (QED) is 0.775. The molecule has 0 aliphatic heterocycles. The molecular weight excluding hydrogens is 232 g/mol. The van der Waals surface area contributed by atoms with Crippen molar-refractivity contribution in [3.8, 4) is 0 Å². The van der Waals surface area contributed by atoms with Crippen LogP contribution in [0.25, 0.3) is 0 Å². The van der Waals surface area contributed by atoms with E-state index in [9.17, 15) is 4.79 Å². The maximum Gasteiger partial charge on any atom is 0.140 e. The molecular formula is C18H24O. The molecule has 1 fully saturated rings. The predicted octanol–water partition coefficient (Wildman–Crippen LogP) is 4.19. The Bertz CT molecular complexity index is 461. The number of carbonyl (C=O) groups excluding carboxylic acids is 1. The van der Waals surface area contributed by atoms with Gasteiger partial charge in [-0.25, -0.2) is 0 Å². The third-order valence-corrected chi connectivity index (χ3v) is 5.30. The van der Waals surface area contributed by atoms with Gasteiger partial charge in [0.25, 0.3) is 0 Å². The van der Waals surface area contributed by atoms with E-state index in [0.29, 0.717) is 11.7 Å².